The van der Waals surface area contributed by atoms with E-state index in [-0.39, 0.29) is 18.3 Å². The van der Waals surface area contributed by atoms with Crippen LogP contribution < -0.4 is 0 Å². The molecule has 0 aromatic carbocycles. The Morgan fingerprint density at radius 3 is 2.54 bits per heavy atom. The molecule has 3 aliphatic rings. The molecule has 0 unspecified atom stereocenters. The monoisotopic (exact) mass is 186 g/mol. The predicted molar refractivity (Wildman–Crippen MR) is 43.1 cm³/mol. The van der Waals surface area contributed by atoms with Crippen molar-refractivity contribution in [2.75, 3.05) is 6.61 Å². The van der Waals surface area contributed by atoms with E-state index in [1.165, 1.54) is 0 Å². The van der Waals surface area contributed by atoms with Gasteiger partial charge in [-0.15, -0.1) is 0 Å². The van der Waals surface area contributed by atoms with Crippen molar-refractivity contribution >= 4 is 0 Å². The highest BCUT2D eigenvalue weighted by Gasteiger charge is 2.65. The molecule has 0 aromatic rings. The van der Waals surface area contributed by atoms with Gasteiger partial charge in [-0.1, -0.05) is 0 Å². The summed E-state index contributed by atoms with van der Waals surface area (Å²) < 4.78 is 22.6. The van der Waals surface area contributed by atoms with Gasteiger partial charge in [0.1, 0.15) is 18.3 Å². The third-order valence-electron chi connectivity index (χ3n) is 2.93. The minimum Gasteiger partial charge on any atom is -0.345 e. The second-order valence-electron chi connectivity index (χ2n) is 4.50. The second-order valence-corrected chi connectivity index (χ2v) is 4.50. The standard InChI is InChI=1S/C9H14O4/c1-8(2)12-6-5-4-10-9(3,11-5)7(6)13-8/h5-7H,4H2,1-3H3/t5-,6+,7+,9+/m0/s1. The summed E-state index contributed by atoms with van der Waals surface area (Å²) >= 11 is 0. The highest BCUT2D eigenvalue weighted by atomic mass is 16.8. The van der Waals surface area contributed by atoms with E-state index in [0.29, 0.717) is 6.61 Å². The Bertz CT molecular complexity index is 252. The van der Waals surface area contributed by atoms with Crippen LogP contribution in [0.15, 0.2) is 0 Å². The number of hydrogen-bond donors (Lipinski definition) is 0. The molecule has 2 bridgehead atoms. The van der Waals surface area contributed by atoms with Gasteiger partial charge in [0.05, 0.1) is 6.61 Å². The van der Waals surface area contributed by atoms with Crippen LogP contribution in [0, 0.1) is 0 Å². The van der Waals surface area contributed by atoms with E-state index < -0.39 is 11.6 Å². The summed E-state index contributed by atoms with van der Waals surface area (Å²) in [7, 11) is 0. The average Bonchev–Trinajstić information content (AvgIpc) is 2.56. The lowest BCUT2D eigenvalue weighted by molar-refractivity contribution is -0.232. The summed E-state index contributed by atoms with van der Waals surface area (Å²) in [6, 6.07) is 0. The Kier molecular flexibility index (Phi) is 1.31. The molecule has 3 saturated heterocycles. The van der Waals surface area contributed by atoms with E-state index in [2.05, 4.69) is 0 Å². The molecule has 74 valence electrons. The smallest absolute Gasteiger partial charge is 0.195 e. The van der Waals surface area contributed by atoms with Crippen LogP contribution >= 0.6 is 0 Å². The molecular weight excluding hydrogens is 172 g/mol. The van der Waals surface area contributed by atoms with Crippen molar-refractivity contribution < 1.29 is 18.9 Å². The number of fused-ring (bicyclic) bond motifs is 5. The number of ether oxygens (including phenoxy) is 4. The Morgan fingerprint density at radius 2 is 1.85 bits per heavy atom. The van der Waals surface area contributed by atoms with Gasteiger partial charge in [-0.3, -0.25) is 0 Å². The quantitative estimate of drug-likeness (QED) is 0.556. The van der Waals surface area contributed by atoms with Crippen LogP contribution in [-0.2, 0) is 18.9 Å². The van der Waals surface area contributed by atoms with Crippen LogP contribution in [0.25, 0.3) is 0 Å². The topological polar surface area (TPSA) is 36.9 Å². The Balaban J connectivity index is 1.93. The van der Waals surface area contributed by atoms with E-state index in [4.69, 9.17) is 18.9 Å². The number of hydrogen-bond acceptors (Lipinski definition) is 4. The normalized spacial score (nSPS) is 57.0. The highest BCUT2D eigenvalue weighted by molar-refractivity contribution is 5.04. The average molecular weight is 186 g/mol. The van der Waals surface area contributed by atoms with E-state index in [1.54, 1.807) is 0 Å². The summed E-state index contributed by atoms with van der Waals surface area (Å²) in [4.78, 5) is 0. The van der Waals surface area contributed by atoms with E-state index >= 15 is 0 Å². The Labute approximate surface area is 77.1 Å². The van der Waals surface area contributed by atoms with Gasteiger partial charge < -0.3 is 18.9 Å². The van der Waals surface area contributed by atoms with Gasteiger partial charge in [0.15, 0.2) is 11.6 Å². The predicted octanol–water partition coefficient (Wildman–Crippen LogP) is 0.652. The largest absolute Gasteiger partial charge is 0.345 e. The van der Waals surface area contributed by atoms with Crippen LogP contribution in [0.5, 0.6) is 0 Å². The molecule has 0 aromatic heterocycles. The van der Waals surface area contributed by atoms with Crippen molar-refractivity contribution in [1.29, 1.82) is 0 Å². The molecule has 3 aliphatic heterocycles. The fraction of sp³-hybridized carbons (Fsp3) is 1.00. The van der Waals surface area contributed by atoms with Gasteiger partial charge in [0.25, 0.3) is 0 Å². The van der Waals surface area contributed by atoms with Crippen LogP contribution in [-0.4, -0.2) is 36.5 Å². The highest BCUT2D eigenvalue weighted by Crippen LogP contribution is 2.48. The number of rotatable bonds is 0. The van der Waals surface area contributed by atoms with Crippen LogP contribution in [0.3, 0.4) is 0 Å². The first kappa shape index (κ1) is 8.17. The lowest BCUT2D eigenvalue weighted by Crippen LogP contribution is -2.45. The van der Waals surface area contributed by atoms with E-state index in [1.807, 2.05) is 20.8 Å². The fourth-order valence-electron chi connectivity index (χ4n) is 2.39. The third kappa shape index (κ3) is 0.944. The fourth-order valence-corrected chi connectivity index (χ4v) is 2.39. The van der Waals surface area contributed by atoms with Gasteiger partial charge >= 0.3 is 0 Å². The summed E-state index contributed by atoms with van der Waals surface area (Å²) in [5, 5.41) is 0. The maximum Gasteiger partial charge on any atom is 0.195 e. The van der Waals surface area contributed by atoms with Crippen LogP contribution in [0.1, 0.15) is 20.8 Å². The second kappa shape index (κ2) is 2.08. The Morgan fingerprint density at radius 1 is 1.08 bits per heavy atom. The van der Waals surface area contributed by atoms with Crippen LogP contribution in [0.4, 0.5) is 0 Å². The molecule has 0 amide bonds. The zero-order valence-electron chi connectivity index (χ0n) is 8.07. The summed E-state index contributed by atoms with van der Waals surface area (Å²) in [6.07, 6.45) is 0.0341. The molecule has 3 fully saturated rings. The SMILES string of the molecule is CC1(C)O[C@@H]2[C@@H]3CO[C@](C)(O3)[C@@H]2O1. The molecule has 4 nitrogen and oxygen atoms in total. The molecule has 0 spiro atoms. The molecule has 3 heterocycles. The Hall–Kier alpha value is -0.160. The van der Waals surface area contributed by atoms with E-state index in [0.717, 1.165) is 0 Å². The van der Waals surface area contributed by atoms with Gasteiger partial charge in [-0.2, -0.15) is 0 Å². The first-order valence-electron chi connectivity index (χ1n) is 4.68. The zero-order valence-corrected chi connectivity index (χ0v) is 8.07. The zero-order chi connectivity index (χ0) is 9.27. The minimum absolute atomic E-state index is 0.0498. The molecule has 0 aliphatic carbocycles. The molecule has 0 radical (unpaired) electrons. The van der Waals surface area contributed by atoms with Crippen molar-refractivity contribution in [1.82, 2.24) is 0 Å². The molecule has 3 rings (SSSR count). The molecule has 13 heavy (non-hydrogen) atoms. The first-order chi connectivity index (χ1) is 6.00. The van der Waals surface area contributed by atoms with Crippen molar-refractivity contribution in [3.63, 3.8) is 0 Å². The van der Waals surface area contributed by atoms with Gasteiger partial charge in [0, 0.05) is 0 Å². The molecule has 4 heteroatoms. The first-order valence-corrected chi connectivity index (χ1v) is 4.68. The van der Waals surface area contributed by atoms with Gasteiger partial charge in [0.2, 0.25) is 0 Å². The molecule has 0 N–H and O–H groups in total. The van der Waals surface area contributed by atoms with Crippen molar-refractivity contribution in [3.05, 3.63) is 0 Å². The molecule has 4 atom stereocenters. The van der Waals surface area contributed by atoms with Crippen molar-refractivity contribution in [2.24, 2.45) is 0 Å². The lowest BCUT2D eigenvalue weighted by atomic mass is 10.0. The summed E-state index contributed by atoms with van der Waals surface area (Å²) in [5.41, 5.74) is 0. The minimum atomic E-state index is -0.580. The van der Waals surface area contributed by atoms with E-state index in [9.17, 15) is 0 Å². The van der Waals surface area contributed by atoms with Gasteiger partial charge in [-0.25, -0.2) is 0 Å². The van der Waals surface area contributed by atoms with Crippen LogP contribution in [0.2, 0.25) is 0 Å². The lowest BCUT2D eigenvalue weighted by Gasteiger charge is -2.27. The summed E-state index contributed by atoms with van der Waals surface area (Å²) in [5.74, 6) is -1.07. The maximum absolute atomic E-state index is 5.74. The molecular formula is C9H14O4. The van der Waals surface area contributed by atoms with Crippen molar-refractivity contribution in [2.45, 2.75) is 50.7 Å². The third-order valence-corrected chi connectivity index (χ3v) is 2.93. The van der Waals surface area contributed by atoms with Crippen molar-refractivity contribution in [3.8, 4) is 0 Å². The maximum atomic E-state index is 5.74. The van der Waals surface area contributed by atoms with Gasteiger partial charge in [-0.05, 0) is 20.8 Å². The summed E-state index contributed by atoms with van der Waals surface area (Å²) in [6.45, 7) is 6.39. The molecule has 0 saturated carbocycles.